The lowest BCUT2D eigenvalue weighted by atomic mass is 10.0. The molecule has 0 amide bonds. The second-order valence-corrected chi connectivity index (χ2v) is 23.8. The van der Waals surface area contributed by atoms with Gasteiger partial charge in [0.05, 0.1) is 0 Å². The Morgan fingerprint density at radius 3 is 0.718 bits per heavy atom. The summed E-state index contributed by atoms with van der Waals surface area (Å²) < 4.78 is 17.0. The summed E-state index contributed by atoms with van der Waals surface area (Å²) in [5, 5.41) is 0. The molecule has 0 rings (SSSR count). The van der Waals surface area contributed by atoms with Gasteiger partial charge in [0.25, 0.3) is 0 Å². The molecular weight excluding hydrogens is 961 g/mol. The van der Waals surface area contributed by atoms with Crippen LogP contribution in [0.4, 0.5) is 0 Å². The summed E-state index contributed by atoms with van der Waals surface area (Å²) in [7, 11) is 0. The van der Waals surface area contributed by atoms with E-state index in [1.165, 1.54) is 270 Å². The summed E-state index contributed by atoms with van der Waals surface area (Å²) in [5.74, 6) is -0.844. The molecule has 0 saturated heterocycles. The first kappa shape index (κ1) is 75.6. The number of unbranched alkanes of at least 4 members (excludes halogenated alkanes) is 48. The molecule has 0 aromatic carbocycles. The lowest BCUT2D eigenvalue weighted by molar-refractivity contribution is -0.167. The Bertz CT molecular complexity index is 1300. The van der Waals surface area contributed by atoms with Crippen LogP contribution in [0.5, 0.6) is 0 Å². The van der Waals surface area contributed by atoms with Gasteiger partial charge in [-0.05, 0) is 57.8 Å². The topological polar surface area (TPSA) is 78.9 Å². The van der Waals surface area contributed by atoms with E-state index in [1.807, 2.05) is 0 Å². The number of allylic oxidation sites excluding steroid dienone is 6. The van der Waals surface area contributed by atoms with Crippen molar-refractivity contribution >= 4 is 17.9 Å². The zero-order chi connectivity index (χ0) is 56.4. The van der Waals surface area contributed by atoms with Crippen LogP contribution in [0.1, 0.15) is 387 Å². The van der Waals surface area contributed by atoms with Crippen molar-refractivity contribution in [2.45, 2.75) is 393 Å². The Hall–Kier alpha value is -2.37. The fraction of sp³-hybridized carbons (Fsp3) is 0.875. The first-order chi connectivity index (χ1) is 38.5. The molecule has 0 aliphatic carbocycles. The van der Waals surface area contributed by atoms with Gasteiger partial charge in [-0.15, -0.1) is 0 Å². The van der Waals surface area contributed by atoms with Crippen molar-refractivity contribution in [2.24, 2.45) is 0 Å². The van der Waals surface area contributed by atoms with Crippen LogP contribution in [0, 0.1) is 0 Å². The molecular formula is C72H134O6. The van der Waals surface area contributed by atoms with E-state index >= 15 is 0 Å². The monoisotopic (exact) mass is 1100 g/mol. The number of carbonyl (C=O) groups excluding carboxylic acids is 3. The Morgan fingerprint density at radius 2 is 0.462 bits per heavy atom. The maximum atomic E-state index is 13.0. The van der Waals surface area contributed by atoms with Gasteiger partial charge in [-0.25, -0.2) is 0 Å². The number of hydrogen-bond donors (Lipinski definition) is 0. The molecule has 1 atom stereocenters. The fourth-order valence-electron chi connectivity index (χ4n) is 10.6. The number of ether oxygens (including phenoxy) is 3. The smallest absolute Gasteiger partial charge is 0.306 e. The van der Waals surface area contributed by atoms with E-state index in [4.69, 9.17) is 14.2 Å². The van der Waals surface area contributed by atoms with Gasteiger partial charge in [-0.1, -0.05) is 346 Å². The fourth-order valence-corrected chi connectivity index (χ4v) is 10.6. The maximum absolute atomic E-state index is 13.0. The molecule has 0 aromatic heterocycles. The SMILES string of the molecule is CCCCCCC/C=C\C/C=C\C/C=C\CCCCCCCCCCC(=O)OCC(COC(=O)CCCCCCCCCCCCCCCCCC)OC(=O)CCCCCCCCCCCCCCCCCCCCCCC. The number of hydrogen-bond acceptors (Lipinski definition) is 6. The van der Waals surface area contributed by atoms with Crippen LogP contribution in [0.3, 0.4) is 0 Å². The first-order valence-corrected chi connectivity index (χ1v) is 35.0. The van der Waals surface area contributed by atoms with Gasteiger partial charge >= 0.3 is 17.9 Å². The van der Waals surface area contributed by atoms with Crippen LogP contribution in [0.15, 0.2) is 36.5 Å². The van der Waals surface area contributed by atoms with Gasteiger partial charge in [0.2, 0.25) is 0 Å². The van der Waals surface area contributed by atoms with Gasteiger partial charge < -0.3 is 14.2 Å². The van der Waals surface area contributed by atoms with Gasteiger partial charge in [-0.3, -0.25) is 14.4 Å². The van der Waals surface area contributed by atoms with Crippen LogP contribution in [-0.2, 0) is 28.6 Å². The average molecular weight is 1100 g/mol. The Morgan fingerprint density at radius 1 is 0.256 bits per heavy atom. The van der Waals surface area contributed by atoms with Crippen LogP contribution in [-0.4, -0.2) is 37.2 Å². The van der Waals surface area contributed by atoms with E-state index in [0.29, 0.717) is 19.3 Å². The second-order valence-electron chi connectivity index (χ2n) is 23.8. The zero-order valence-corrected chi connectivity index (χ0v) is 52.7. The molecule has 0 aromatic rings. The molecule has 0 saturated carbocycles. The Labute approximate surface area is 486 Å². The van der Waals surface area contributed by atoms with E-state index in [0.717, 1.165) is 77.0 Å². The van der Waals surface area contributed by atoms with E-state index in [9.17, 15) is 14.4 Å². The minimum Gasteiger partial charge on any atom is -0.462 e. The highest BCUT2D eigenvalue weighted by Crippen LogP contribution is 2.18. The molecule has 0 bridgehead atoms. The normalized spacial score (nSPS) is 12.2. The average Bonchev–Trinajstić information content (AvgIpc) is 3.44. The van der Waals surface area contributed by atoms with Crippen molar-refractivity contribution in [1.82, 2.24) is 0 Å². The van der Waals surface area contributed by atoms with Crippen molar-refractivity contribution in [3.8, 4) is 0 Å². The van der Waals surface area contributed by atoms with E-state index in [2.05, 4.69) is 57.2 Å². The van der Waals surface area contributed by atoms with Crippen molar-refractivity contribution in [3.63, 3.8) is 0 Å². The highest BCUT2D eigenvalue weighted by molar-refractivity contribution is 5.71. The molecule has 0 N–H and O–H groups in total. The second kappa shape index (κ2) is 67.1. The third-order valence-electron chi connectivity index (χ3n) is 15.9. The number of esters is 3. The maximum Gasteiger partial charge on any atom is 0.306 e. The molecule has 458 valence electrons. The van der Waals surface area contributed by atoms with Gasteiger partial charge in [0.15, 0.2) is 6.10 Å². The summed E-state index contributed by atoms with van der Waals surface area (Å²) in [6.07, 6.45) is 83.0. The molecule has 0 radical (unpaired) electrons. The summed E-state index contributed by atoms with van der Waals surface area (Å²) in [6, 6.07) is 0. The first-order valence-electron chi connectivity index (χ1n) is 35.0. The minimum absolute atomic E-state index is 0.0684. The lowest BCUT2D eigenvalue weighted by Gasteiger charge is -2.18. The van der Waals surface area contributed by atoms with Gasteiger partial charge in [-0.2, -0.15) is 0 Å². The number of carbonyl (C=O) groups is 3. The standard InChI is InChI=1S/C72H134O6/c1-4-7-10-13-16-19-22-25-28-31-33-35-36-38-39-41-44-47-50-53-56-59-62-65-71(74)77-68-69(67-76-70(73)64-61-58-55-52-49-46-43-30-27-24-21-18-15-12-9-6-3)78-72(75)66-63-60-57-54-51-48-45-42-40-37-34-32-29-26-23-20-17-14-11-8-5-2/h22,25,31,33,36,38,69H,4-21,23-24,26-30,32,34-35,37,39-68H2,1-3H3/b25-22-,33-31-,38-36-. The van der Waals surface area contributed by atoms with Crippen LogP contribution < -0.4 is 0 Å². The van der Waals surface area contributed by atoms with Gasteiger partial charge in [0.1, 0.15) is 13.2 Å². The molecule has 1 unspecified atom stereocenters. The van der Waals surface area contributed by atoms with Crippen molar-refractivity contribution in [2.75, 3.05) is 13.2 Å². The third kappa shape index (κ3) is 64.5. The van der Waals surface area contributed by atoms with Crippen molar-refractivity contribution < 1.29 is 28.6 Å². The summed E-state index contributed by atoms with van der Waals surface area (Å²) in [4.78, 5) is 38.4. The molecule has 78 heavy (non-hydrogen) atoms. The predicted octanol–water partition coefficient (Wildman–Crippen LogP) is 23.9. The zero-order valence-electron chi connectivity index (χ0n) is 52.7. The lowest BCUT2D eigenvalue weighted by Crippen LogP contribution is -2.30. The van der Waals surface area contributed by atoms with Crippen LogP contribution in [0.2, 0.25) is 0 Å². The molecule has 0 aliphatic heterocycles. The van der Waals surface area contributed by atoms with Crippen molar-refractivity contribution in [1.29, 1.82) is 0 Å². The summed E-state index contributed by atoms with van der Waals surface area (Å²) >= 11 is 0. The molecule has 0 heterocycles. The summed E-state index contributed by atoms with van der Waals surface area (Å²) in [5.41, 5.74) is 0. The quantitative estimate of drug-likeness (QED) is 0.0261. The van der Waals surface area contributed by atoms with E-state index in [1.54, 1.807) is 0 Å². The molecule has 6 nitrogen and oxygen atoms in total. The minimum atomic E-state index is -0.773. The third-order valence-corrected chi connectivity index (χ3v) is 15.9. The van der Waals surface area contributed by atoms with Crippen LogP contribution >= 0.6 is 0 Å². The summed E-state index contributed by atoms with van der Waals surface area (Å²) in [6.45, 7) is 6.70. The van der Waals surface area contributed by atoms with Gasteiger partial charge in [0, 0.05) is 19.3 Å². The highest BCUT2D eigenvalue weighted by atomic mass is 16.6. The number of rotatable bonds is 65. The predicted molar refractivity (Wildman–Crippen MR) is 339 cm³/mol. The Balaban J connectivity index is 4.31. The molecule has 0 spiro atoms. The molecule has 0 fully saturated rings. The van der Waals surface area contributed by atoms with E-state index in [-0.39, 0.29) is 31.1 Å². The largest absolute Gasteiger partial charge is 0.462 e. The molecule has 0 aliphatic rings. The van der Waals surface area contributed by atoms with Crippen molar-refractivity contribution in [3.05, 3.63) is 36.5 Å². The highest BCUT2D eigenvalue weighted by Gasteiger charge is 2.19. The van der Waals surface area contributed by atoms with E-state index < -0.39 is 6.10 Å². The Kier molecular flexibility index (Phi) is 65.1. The van der Waals surface area contributed by atoms with Crippen LogP contribution in [0.25, 0.3) is 0 Å². The molecule has 6 heteroatoms.